The lowest BCUT2D eigenvalue weighted by Crippen LogP contribution is -2.39. The number of rotatable bonds is 7. The minimum Gasteiger partial charge on any atom is -0.383 e. The first-order valence-electron chi connectivity index (χ1n) is 6.12. The molecular formula is C12H21N5O2. The van der Waals surface area contributed by atoms with Gasteiger partial charge in [-0.1, -0.05) is 0 Å². The standard InChI is InChI=1S/C12H21N5O2/c1-8-10(13-3)15-7-16-11(8)17-9(2)12(18)14-5-6-19-4/h7,9H,5-6H2,1-4H3,(H,14,18)(H2,13,15,16,17). The van der Waals surface area contributed by atoms with Crippen molar-refractivity contribution in [2.24, 2.45) is 0 Å². The normalized spacial score (nSPS) is 11.8. The van der Waals surface area contributed by atoms with Gasteiger partial charge in [0.2, 0.25) is 5.91 Å². The number of carbonyl (C=O) groups is 1. The maximum Gasteiger partial charge on any atom is 0.242 e. The van der Waals surface area contributed by atoms with Crippen molar-refractivity contribution in [3.63, 3.8) is 0 Å². The van der Waals surface area contributed by atoms with E-state index >= 15 is 0 Å². The third-order valence-electron chi connectivity index (χ3n) is 2.67. The van der Waals surface area contributed by atoms with E-state index in [1.807, 2.05) is 6.92 Å². The fourth-order valence-corrected chi connectivity index (χ4v) is 1.55. The van der Waals surface area contributed by atoms with Crippen LogP contribution in [-0.4, -0.2) is 49.2 Å². The fourth-order valence-electron chi connectivity index (χ4n) is 1.55. The summed E-state index contributed by atoms with van der Waals surface area (Å²) in [5.41, 5.74) is 0.876. The van der Waals surface area contributed by atoms with Crippen LogP contribution in [0.25, 0.3) is 0 Å². The Kier molecular flexibility index (Phi) is 6.01. The average molecular weight is 267 g/mol. The van der Waals surface area contributed by atoms with E-state index in [1.165, 1.54) is 6.33 Å². The van der Waals surface area contributed by atoms with Crippen molar-refractivity contribution in [2.75, 3.05) is 37.9 Å². The molecule has 3 N–H and O–H groups in total. The van der Waals surface area contributed by atoms with Crippen molar-refractivity contribution in [3.8, 4) is 0 Å². The van der Waals surface area contributed by atoms with Crippen LogP contribution in [0.1, 0.15) is 12.5 Å². The SMILES string of the molecule is CNc1ncnc(NC(C)C(=O)NCCOC)c1C. The molecule has 0 bridgehead atoms. The zero-order valence-corrected chi connectivity index (χ0v) is 11.8. The van der Waals surface area contributed by atoms with Gasteiger partial charge in [-0.25, -0.2) is 9.97 Å². The number of aromatic nitrogens is 2. The van der Waals surface area contributed by atoms with E-state index in [2.05, 4.69) is 25.9 Å². The summed E-state index contributed by atoms with van der Waals surface area (Å²) in [7, 11) is 3.39. The summed E-state index contributed by atoms with van der Waals surface area (Å²) in [6.45, 7) is 4.66. The first-order chi connectivity index (χ1) is 9.10. The Hall–Kier alpha value is -1.89. The van der Waals surface area contributed by atoms with Crippen LogP contribution in [-0.2, 0) is 9.53 Å². The van der Waals surface area contributed by atoms with Gasteiger partial charge >= 0.3 is 0 Å². The summed E-state index contributed by atoms with van der Waals surface area (Å²) >= 11 is 0. The molecular weight excluding hydrogens is 246 g/mol. The maximum absolute atomic E-state index is 11.8. The molecule has 106 valence electrons. The lowest BCUT2D eigenvalue weighted by molar-refractivity contribution is -0.121. The summed E-state index contributed by atoms with van der Waals surface area (Å²) in [6.07, 6.45) is 1.46. The Morgan fingerprint density at radius 3 is 2.74 bits per heavy atom. The van der Waals surface area contributed by atoms with E-state index in [1.54, 1.807) is 21.1 Å². The first-order valence-corrected chi connectivity index (χ1v) is 6.12. The molecule has 0 saturated carbocycles. The second-order valence-electron chi connectivity index (χ2n) is 4.10. The molecule has 1 heterocycles. The molecule has 1 atom stereocenters. The van der Waals surface area contributed by atoms with Crippen LogP contribution in [0.2, 0.25) is 0 Å². The molecule has 19 heavy (non-hydrogen) atoms. The number of hydrogen-bond acceptors (Lipinski definition) is 6. The molecule has 1 rings (SSSR count). The van der Waals surface area contributed by atoms with Gasteiger partial charge in [-0.3, -0.25) is 4.79 Å². The number of nitrogens with zero attached hydrogens (tertiary/aromatic N) is 2. The zero-order chi connectivity index (χ0) is 14.3. The van der Waals surface area contributed by atoms with Gasteiger partial charge in [0.15, 0.2) is 0 Å². The molecule has 0 spiro atoms. The molecule has 7 heteroatoms. The van der Waals surface area contributed by atoms with Gasteiger partial charge in [-0.2, -0.15) is 0 Å². The molecule has 0 aromatic carbocycles. The summed E-state index contributed by atoms with van der Waals surface area (Å²) in [6, 6.07) is -0.379. The third-order valence-corrected chi connectivity index (χ3v) is 2.67. The molecule has 0 radical (unpaired) electrons. The van der Waals surface area contributed by atoms with E-state index in [4.69, 9.17) is 4.74 Å². The van der Waals surface area contributed by atoms with Crippen LogP contribution < -0.4 is 16.0 Å². The van der Waals surface area contributed by atoms with Gasteiger partial charge in [0.05, 0.1) is 6.61 Å². The quantitative estimate of drug-likeness (QED) is 0.619. The highest BCUT2D eigenvalue weighted by Gasteiger charge is 2.14. The van der Waals surface area contributed by atoms with Crippen molar-refractivity contribution >= 4 is 17.5 Å². The Bertz CT molecular complexity index is 425. The number of methoxy groups -OCH3 is 1. The zero-order valence-electron chi connectivity index (χ0n) is 11.8. The van der Waals surface area contributed by atoms with Crippen molar-refractivity contribution in [1.82, 2.24) is 15.3 Å². The van der Waals surface area contributed by atoms with Crippen LogP contribution in [0, 0.1) is 6.92 Å². The number of carbonyl (C=O) groups excluding carboxylic acids is 1. The van der Waals surface area contributed by atoms with Crippen LogP contribution in [0.5, 0.6) is 0 Å². The van der Waals surface area contributed by atoms with E-state index in [-0.39, 0.29) is 11.9 Å². The number of anilines is 2. The van der Waals surface area contributed by atoms with Gasteiger partial charge in [0, 0.05) is 26.3 Å². The van der Waals surface area contributed by atoms with E-state index in [0.717, 1.165) is 11.4 Å². The smallest absolute Gasteiger partial charge is 0.242 e. The molecule has 0 aliphatic heterocycles. The van der Waals surface area contributed by atoms with Crippen molar-refractivity contribution < 1.29 is 9.53 Å². The van der Waals surface area contributed by atoms with Crippen LogP contribution in [0.3, 0.4) is 0 Å². The van der Waals surface area contributed by atoms with E-state index in [0.29, 0.717) is 19.0 Å². The Labute approximate surface area is 113 Å². The van der Waals surface area contributed by atoms with Gasteiger partial charge in [-0.15, -0.1) is 0 Å². The largest absolute Gasteiger partial charge is 0.383 e. The second kappa shape index (κ2) is 7.52. The first kappa shape index (κ1) is 15.2. The predicted molar refractivity (Wildman–Crippen MR) is 74.3 cm³/mol. The minimum absolute atomic E-state index is 0.0962. The maximum atomic E-state index is 11.8. The molecule has 1 aromatic heterocycles. The molecule has 1 aromatic rings. The van der Waals surface area contributed by atoms with Gasteiger partial charge in [-0.05, 0) is 13.8 Å². The van der Waals surface area contributed by atoms with Crippen molar-refractivity contribution in [1.29, 1.82) is 0 Å². The van der Waals surface area contributed by atoms with Crippen molar-refractivity contribution in [3.05, 3.63) is 11.9 Å². The monoisotopic (exact) mass is 267 g/mol. The molecule has 0 aliphatic rings. The van der Waals surface area contributed by atoms with Gasteiger partial charge < -0.3 is 20.7 Å². The summed E-state index contributed by atoms with van der Waals surface area (Å²) in [4.78, 5) is 20.0. The van der Waals surface area contributed by atoms with Crippen LogP contribution in [0.15, 0.2) is 6.33 Å². The summed E-state index contributed by atoms with van der Waals surface area (Å²) in [5.74, 6) is 1.29. The Balaban J connectivity index is 2.61. The highest BCUT2D eigenvalue weighted by Crippen LogP contribution is 2.17. The predicted octanol–water partition coefficient (Wildman–Crippen LogP) is 0.390. The van der Waals surface area contributed by atoms with Gasteiger partial charge in [0.1, 0.15) is 24.0 Å². The number of nitrogens with one attached hydrogen (secondary N) is 3. The van der Waals surface area contributed by atoms with Crippen molar-refractivity contribution in [2.45, 2.75) is 19.9 Å². The molecule has 0 aliphatic carbocycles. The molecule has 0 fully saturated rings. The number of amides is 1. The number of ether oxygens (including phenoxy) is 1. The molecule has 0 saturated heterocycles. The minimum atomic E-state index is -0.379. The highest BCUT2D eigenvalue weighted by molar-refractivity contribution is 5.84. The molecule has 1 unspecified atom stereocenters. The van der Waals surface area contributed by atoms with Crippen LogP contribution in [0.4, 0.5) is 11.6 Å². The fraction of sp³-hybridized carbons (Fsp3) is 0.583. The topological polar surface area (TPSA) is 88.2 Å². The van der Waals surface area contributed by atoms with E-state index < -0.39 is 0 Å². The molecule has 7 nitrogen and oxygen atoms in total. The summed E-state index contributed by atoms with van der Waals surface area (Å²) < 4.78 is 4.88. The van der Waals surface area contributed by atoms with Gasteiger partial charge in [0.25, 0.3) is 0 Å². The number of hydrogen-bond donors (Lipinski definition) is 3. The Morgan fingerprint density at radius 1 is 1.42 bits per heavy atom. The molecule has 1 amide bonds. The second-order valence-corrected chi connectivity index (χ2v) is 4.10. The van der Waals surface area contributed by atoms with E-state index in [9.17, 15) is 4.79 Å². The summed E-state index contributed by atoms with van der Waals surface area (Å²) in [5, 5.41) is 8.81. The lowest BCUT2D eigenvalue weighted by atomic mass is 10.2. The average Bonchev–Trinajstić information content (AvgIpc) is 2.41. The third kappa shape index (κ3) is 4.36. The van der Waals surface area contributed by atoms with Crippen LogP contribution >= 0.6 is 0 Å². The lowest BCUT2D eigenvalue weighted by Gasteiger charge is -2.16. The Morgan fingerprint density at radius 2 is 2.11 bits per heavy atom. The highest BCUT2D eigenvalue weighted by atomic mass is 16.5.